The van der Waals surface area contributed by atoms with E-state index in [0.717, 1.165) is 0 Å². The fourth-order valence-corrected chi connectivity index (χ4v) is 1.01. The van der Waals surface area contributed by atoms with Crippen LogP contribution in [0.1, 0.15) is 6.92 Å². The summed E-state index contributed by atoms with van der Waals surface area (Å²) in [5, 5.41) is 3.34. The van der Waals surface area contributed by atoms with Gasteiger partial charge in [-0.05, 0) is 31.2 Å². The monoisotopic (exact) mass is 213 g/mol. The van der Waals surface area contributed by atoms with Crippen LogP contribution < -0.4 is 5.32 Å². The van der Waals surface area contributed by atoms with Crippen molar-refractivity contribution in [1.29, 1.82) is 0 Å². The molecule has 0 spiro atoms. The topological polar surface area (TPSA) is 38.3 Å². The summed E-state index contributed by atoms with van der Waals surface area (Å²) in [7, 11) is 1.49. The number of halogens is 1. The van der Waals surface area contributed by atoms with Gasteiger partial charge in [-0.15, -0.1) is 0 Å². The number of rotatable bonds is 3. The van der Waals surface area contributed by atoms with Gasteiger partial charge >= 0.3 is 0 Å². The zero-order valence-electron chi connectivity index (χ0n) is 8.08. The Balaban J connectivity index is 2.60. The average Bonchev–Trinajstić information content (AvgIpc) is 2.20. The van der Waals surface area contributed by atoms with E-state index in [2.05, 4.69) is 5.32 Å². The first-order valence-electron chi connectivity index (χ1n) is 4.22. The summed E-state index contributed by atoms with van der Waals surface area (Å²) in [5.41, 5.74) is 0.711. The van der Waals surface area contributed by atoms with E-state index in [1.165, 1.54) is 7.11 Å². The molecule has 1 atom stereocenters. The summed E-state index contributed by atoms with van der Waals surface area (Å²) < 4.78 is 4.87. The Morgan fingerprint density at radius 3 is 2.50 bits per heavy atom. The average molecular weight is 214 g/mol. The van der Waals surface area contributed by atoms with Crippen LogP contribution in [-0.4, -0.2) is 19.1 Å². The molecule has 0 fully saturated rings. The summed E-state index contributed by atoms with van der Waals surface area (Å²) in [6, 6.07) is 6.91. The third kappa shape index (κ3) is 3.01. The Kier molecular flexibility index (Phi) is 3.92. The van der Waals surface area contributed by atoms with E-state index in [9.17, 15) is 4.79 Å². The second kappa shape index (κ2) is 4.98. The molecule has 0 saturated heterocycles. The molecule has 0 aliphatic carbocycles. The predicted octanol–water partition coefficient (Wildman–Crippen LogP) is 2.31. The number of carbonyl (C=O) groups excluding carboxylic acids is 1. The van der Waals surface area contributed by atoms with Crippen molar-refractivity contribution in [1.82, 2.24) is 0 Å². The second-order valence-electron chi connectivity index (χ2n) is 2.87. The number of methoxy groups -OCH3 is 1. The van der Waals surface area contributed by atoms with Gasteiger partial charge in [0.1, 0.15) is 6.10 Å². The molecular formula is C10H12ClNO2. The third-order valence-corrected chi connectivity index (χ3v) is 2.09. The molecule has 1 aromatic carbocycles. The Morgan fingerprint density at radius 2 is 2.00 bits per heavy atom. The van der Waals surface area contributed by atoms with Crippen LogP contribution in [0, 0.1) is 0 Å². The molecule has 1 unspecified atom stereocenters. The maximum atomic E-state index is 11.4. The summed E-state index contributed by atoms with van der Waals surface area (Å²) in [5.74, 6) is -0.171. The van der Waals surface area contributed by atoms with E-state index in [4.69, 9.17) is 16.3 Å². The molecule has 76 valence electrons. The highest BCUT2D eigenvalue weighted by Gasteiger charge is 2.10. The van der Waals surface area contributed by atoms with Crippen molar-refractivity contribution in [2.75, 3.05) is 12.4 Å². The van der Waals surface area contributed by atoms with Gasteiger partial charge in [-0.1, -0.05) is 11.6 Å². The lowest BCUT2D eigenvalue weighted by Gasteiger charge is -2.10. The fourth-order valence-electron chi connectivity index (χ4n) is 0.884. The maximum absolute atomic E-state index is 11.4. The van der Waals surface area contributed by atoms with Crippen LogP contribution in [-0.2, 0) is 9.53 Å². The van der Waals surface area contributed by atoms with Crippen LogP contribution >= 0.6 is 11.6 Å². The van der Waals surface area contributed by atoms with E-state index in [1.807, 2.05) is 0 Å². The molecule has 0 saturated carbocycles. The SMILES string of the molecule is COC(C)C(=O)Nc1ccc(Cl)cc1. The largest absolute Gasteiger partial charge is 0.372 e. The fraction of sp³-hybridized carbons (Fsp3) is 0.300. The smallest absolute Gasteiger partial charge is 0.253 e. The summed E-state index contributed by atoms with van der Waals surface area (Å²) >= 11 is 5.70. The van der Waals surface area contributed by atoms with Crippen molar-refractivity contribution < 1.29 is 9.53 Å². The van der Waals surface area contributed by atoms with Crippen LogP contribution in [0.15, 0.2) is 24.3 Å². The number of ether oxygens (including phenoxy) is 1. The molecule has 14 heavy (non-hydrogen) atoms. The molecule has 1 N–H and O–H groups in total. The van der Waals surface area contributed by atoms with E-state index >= 15 is 0 Å². The van der Waals surface area contributed by atoms with E-state index in [0.29, 0.717) is 10.7 Å². The molecule has 0 aliphatic heterocycles. The highest BCUT2D eigenvalue weighted by molar-refractivity contribution is 6.30. The quantitative estimate of drug-likeness (QED) is 0.837. The first-order valence-corrected chi connectivity index (χ1v) is 4.60. The summed E-state index contributed by atoms with van der Waals surface area (Å²) in [6.07, 6.45) is -0.453. The van der Waals surface area contributed by atoms with Crippen LogP contribution in [0.25, 0.3) is 0 Å². The molecule has 1 aromatic rings. The van der Waals surface area contributed by atoms with Gasteiger partial charge in [0.25, 0.3) is 5.91 Å². The molecule has 1 amide bonds. The number of hydrogen-bond donors (Lipinski definition) is 1. The molecule has 4 heteroatoms. The Morgan fingerprint density at radius 1 is 1.43 bits per heavy atom. The van der Waals surface area contributed by atoms with E-state index < -0.39 is 6.10 Å². The molecule has 0 bridgehead atoms. The van der Waals surface area contributed by atoms with Gasteiger partial charge in [-0.2, -0.15) is 0 Å². The first-order chi connectivity index (χ1) is 6.63. The third-order valence-electron chi connectivity index (χ3n) is 1.83. The van der Waals surface area contributed by atoms with E-state index in [-0.39, 0.29) is 5.91 Å². The van der Waals surface area contributed by atoms with E-state index in [1.54, 1.807) is 31.2 Å². The minimum atomic E-state index is -0.453. The summed E-state index contributed by atoms with van der Waals surface area (Å²) in [4.78, 5) is 11.4. The van der Waals surface area contributed by atoms with Crippen LogP contribution in [0.2, 0.25) is 5.02 Å². The van der Waals surface area contributed by atoms with Gasteiger partial charge < -0.3 is 10.1 Å². The Bertz CT molecular complexity index is 310. The number of benzene rings is 1. The lowest BCUT2D eigenvalue weighted by Crippen LogP contribution is -2.26. The van der Waals surface area contributed by atoms with Crippen molar-refractivity contribution >= 4 is 23.2 Å². The minimum absolute atomic E-state index is 0.171. The molecule has 0 aromatic heterocycles. The molecular weight excluding hydrogens is 202 g/mol. The molecule has 0 aliphatic rings. The lowest BCUT2D eigenvalue weighted by molar-refractivity contribution is -0.124. The van der Waals surface area contributed by atoms with Crippen LogP contribution in [0.4, 0.5) is 5.69 Å². The van der Waals surface area contributed by atoms with Gasteiger partial charge in [-0.3, -0.25) is 4.79 Å². The maximum Gasteiger partial charge on any atom is 0.253 e. The normalized spacial score (nSPS) is 12.2. The number of anilines is 1. The van der Waals surface area contributed by atoms with Crippen molar-refractivity contribution in [2.24, 2.45) is 0 Å². The molecule has 1 rings (SSSR count). The van der Waals surface area contributed by atoms with Gasteiger partial charge in [0.15, 0.2) is 0 Å². The first kappa shape index (κ1) is 11.0. The standard InChI is InChI=1S/C10H12ClNO2/c1-7(14-2)10(13)12-9-5-3-8(11)4-6-9/h3-7H,1-2H3,(H,12,13). The zero-order valence-corrected chi connectivity index (χ0v) is 8.84. The number of carbonyl (C=O) groups is 1. The number of hydrogen-bond acceptors (Lipinski definition) is 2. The highest BCUT2D eigenvalue weighted by Crippen LogP contribution is 2.13. The minimum Gasteiger partial charge on any atom is -0.372 e. The highest BCUT2D eigenvalue weighted by atomic mass is 35.5. The Labute approximate surface area is 88.0 Å². The molecule has 0 heterocycles. The van der Waals surface area contributed by atoms with Crippen molar-refractivity contribution in [3.8, 4) is 0 Å². The van der Waals surface area contributed by atoms with Crippen molar-refractivity contribution in [3.63, 3.8) is 0 Å². The van der Waals surface area contributed by atoms with Crippen molar-refractivity contribution in [3.05, 3.63) is 29.3 Å². The van der Waals surface area contributed by atoms with Gasteiger partial charge in [-0.25, -0.2) is 0 Å². The lowest BCUT2D eigenvalue weighted by atomic mass is 10.3. The van der Waals surface area contributed by atoms with Gasteiger partial charge in [0.05, 0.1) is 0 Å². The van der Waals surface area contributed by atoms with Gasteiger partial charge in [0, 0.05) is 17.8 Å². The summed E-state index contributed by atoms with van der Waals surface area (Å²) in [6.45, 7) is 1.69. The number of amides is 1. The molecule has 0 radical (unpaired) electrons. The van der Waals surface area contributed by atoms with Crippen LogP contribution in [0.5, 0.6) is 0 Å². The second-order valence-corrected chi connectivity index (χ2v) is 3.31. The van der Waals surface area contributed by atoms with Gasteiger partial charge in [0.2, 0.25) is 0 Å². The predicted molar refractivity (Wildman–Crippen MR) is 56.6 cm³/mol. The molecule has 3 nitrogen and oxygen atoms in total. The number of nitrogens with one attached hydrogen (secondary N) is 1. The van der Waals surface area contributed by atoms with Crippen molar-refractivity contribution in [2.45, 2.75) is 13.0 Å². The zero-order chi connectivity index (χ0) is 10.6. The van der Waals surface area contributed by atoms with Crippen LogP contribution in [0.3, 0.4) is 0 Å². The Hall–Kier alpha value is -1.06.